The van der Waals surface area contributed by atoms with E-state index in [1.165, 1.54) is 16.0 Å². The molecular formula is C17H21NOS. The van der Waals surface area contributed by atoms with Crippen LogP contribution >= 0.6 is 11.8 Å². The number of hydrogen-bond acceptors (Lipinski definition) is 3. The minimum absolute atomic E-state index is 0.338. The average Bonchev–Trinajstić information content (AvgIpc) is 2.50. The second-order valence-electron chi connectivity index (χ2n) is 4.69. The molecule has 2 aromatic carbocycles. The van der Waals surface area contributed by atoms with Gasteiger partial charge in [0.25, 0.3) is 0 Å². The number of benzene rings is 2. The zero-order valence-electron chi connectivity index (χ0n) is 12.2. The molecule has 0 aliphatic heterocycles. The Hall–Kier alpha value is -1.45. The number of hydrogen-bond donors (Lipinski definition) is 1. The highest BCUT2D eigenvalue weighted by molar-refractivity contribution is 7.99. The SMILES string of the molecule is CNC(CSc1ccccc1C)c1ccc(OC)cc1. The molecular weight excluding hydrogens is 266 g/mol. The van der Waals surface area contributed by atoms with Crippen LogP contribution in [0.1, 0.15) is 17.2 Å². The van der Waals surface area contributed by atoms with Gasteiger partial charge in [-0.15, -0.1) is 11.8 Å². The van der Waals surface area contributed by atoms with Gasteiger partial charge in [0, 0.05) is 16.7 Å². The van der Waals surface area contributed by atoms with Crippen molar-refractivity contribution < 1.29 is 4.74 Å². The van der Waals surface area contributed by atoms with E-state index < -0.39 is 0 Å². The van der Waals surface area contributed by atoms with E-state index in [4.69, 9.17) is 4.74 Å². The number of nitrogens with one attached hydrogen (secondary N) is 1. The zero-order valence-corrected chi connectivity index (χ0v) is 13.0. The van der Waals surface area contributed by atoms with Gasteiger partial charge in [0.2, 0.25) is 0 Å². The molecule has 2 nitrogen and oxygen atoms in total. The van der Waals surface area contributed by atoms with Crippen molar-refractivity contribution in [2.45, 2.75) is 17.9 Å². The Balaban J connectivity index is 2.03. The van der Waals surface area contributed by atoms with Crippen LogP contribution in [0.4, 0.5) is 0 Å². The average molecular weight is 287 g/mol. The van der Waals surface area contributed by atoms with Crippen molar-refractivity contribution in [3.05, 3.63) is 59.7 Å². The summed E-state index contributed by atoms with van der Waals surface area (Å²) in [5.41, 5.74) is 2.62. The molecule has 0 radical (unpaired) electrons. The van der Waals surface area contributed by atoms with Gasteiger partial charge in [-0.05, 0) is 43.3 Å². The number of methoxy groups -OCH3 is 1. The standard InChI is InChI=1S/C17H21NOS/c1-13-6-4-5-7-17(13)20-12-16(18-2)14-8-10-15(19-3)11-9-14/h4-11,16,18H,12H2,1-3H3. The maximum atomic E-state index is 5.20. The van der Waals surface area contributed by atoms with Gasteiger partial charge < -0.3 is 10.1 Å². The molecule has 0 aliphatic rings. The Labute approximate surface area is 125 Å². The highest BCUT2D eigenvalue weighted by atomic mass is 32.2. The summed E-state index contributed by atoms with van der Waals surface area (Å²) in [6, 6.07) is 17.1. The van der Waals surface area contributed by atoms with Gasteiger partial charge >= 0.3 is 0 Å². The lowest BCUT2D eigenvalue weighted by Gasteiger charge is -2.17. The van der Waals surface area contributed by atoms with E-state index in [-0.39, 0.29) is 0 Å². The summed E-state index contributed by atoms with van der Waals surface area (Å²) in [5.74, 6) is 1.91. The lowest BCUT2D eigenvalue weighted by Crippen LogP contribution is -2.18. The first-order valence-electron chi connectivity index (χ1n) is 6.74. The van der Waals surface area contributed by atoms with Gasteiger partial charge in [0.15, 0.2) is 0 Å². The van der Waals surface area contributed by atoms with Crippen molar-refractivity contribution in [2.75, 3.05) is 19.9 Å². The topological polar surface area (TPSA) is 21.3 Å². The molecule has 0 bridgehead atoms. The molecule has 0 aliphatic carbocycles. The van der Waals surface area contributed by atoms with Crippen molar-refractivity contribution in [1.82, 2.24) is 5.32 Å². The predicted molar refractivity (Wildman–Crippen MR) is 86.7 cm³/mol. The Morgan fingerprint density at radius 3 is 2.40 bits per heavy atom. The van der Waals surface area contributed by atoms with E-state index in [1.54, 1.807) is 7.11 Å². The van der Waals surface area contributed by atoms with Crippen molar-refractivity contribution in [1.29, 1.82) is 0 Å². The van der Waals surface area contributed by atoms with Gasteiger partial charge in [-0.25, -0.2) is 0 Å². The van der Waals surface area contributed by atoms with Crippen LogP contribution in [-0.4, -0.2) is 19.9 Å². The van der Waals surface area contributed by atoms with Gasteiger partial charge in [0.05, 0.1) is 7.11 Å². The monoisotopic (exact) mass is 287 g/mol. The molecule has 2 aromatic rings. The van der Waals surface area contributed by atoms with E-state index in [0.717, 1.165) is 11.5 Å². The van der Waals surface area contributed by atoms with E-state index >= 15 is 0 Å². The highest BCUT2D eigenvalue weighted by Gasteiger charge is 2.10. The molecule has 20 heavy (non-hydrogen) atoms. The zero-order chi connectivity index (χ0) is 14.4. The summed E-state index contributed by atoms with van der Waals surface area (Å²) in [6.07, 6.45) is 0. The molecule has 0 amide bonds. The van der Waals surface area contributed by atoms with Crippen LogP contribution < -0.4 is 10.1 Å². The molecule has 2 rings (SSSR count). The third-order valence-electron chi connectivity index (χ3n) is 3.37. The highest BCUT2D eigenvalue weighted by Crippen LogP contribution is 2.27. The van der Waals surface area contributed by atoms with Crippen molar-refractivity contribution >= 4 is 11.8 Å². The molecule has 0 saturated heterocycles. The van der Waals surface area contributed by atoms with Crippen molar-refractivity contribution in [3.63, 3.8) is 0 Å². The summed E-state index contributed by atoms with van der Waals surface area (Å²) >= 11 is 1.89. The molecule has 0 fully saturated rings. The fraction of sp³-hybridized carbons (Fsp3) is 0.294. The summed E-state index contributed by atoms with van der Waals surface area (Å²) in [6.45, 7) is 2.16. The minimum atomic E-state index is 0.338. The summed E-state index contributed by atoms with van der Waals surface area (Å²) in [5, 5.41) is 3.38. The Bertz CT molecular complexity index is 539. The second-order valence-corrected chi connectivity index (χ2v) is 5.75. The molecule has 0 spiro atoms. The van der Waals surface area contributed by atoms with Crippen LogP contribution in [0.15, 0.2) is 53.4 Å². The normalized spacial score (nSPS) is 12.2. The largest absolute Gasteiger partial charge is 0.497 e. The van der Waals surface area contributed by atoms with Crippen molar-refractivity contribution in [2.24, 2.45) is 0 Å². The summed E-state index contributed by atoms with van der Waals surface area (Å²) < 4.78 is 5.20. The van der Waals surface area contributed by atoms with E-state index in [0.29, 0.717) is 6.04 Å². The van der Waals surface area contributed by atoms with E-state index in [2.05, 4.69) is 48.6 Å². The van der Waals surface area contributed by atoms with Gasteiger partial charge in [-0.3, -0.25) is 0 Å². The third kappa shape index (κ3) is 3.78. The molecule has 1 N–H and O–H groups in total. The predicted octanol–water partition coefficient (Wildman–Crippen LogP) is 4.06. The molecule has 0 heterocycles. The fourth-order valence-electron chi connectivity index (χ4n) is 2.07. The first-order chi connectivity index (χ1) is 9.74. The smallest absolute Gasteiger partial charge is 0.118 e. The van der Waals surface area contributed by atoms with Crippen LogP contribution in [0, 0.1) is 6.92 Å². The lowest BCUT2D eigenvalue weighted by atomic mass is 10.1. The molecule has 1 unspecified atom stereocenters. The van der Waals surface area contributed by atoms with Gasteiger partial charge in [-0.2, -0.15) is 0 Å². The second kappa shape index (κ2) is 7.36. The van der Waals surface area contributed by atoms with Crippen molar-refractivity contribution in [3.8, 4) is 5.75 Å². The van der Waals surface area contributed by atoms with Gasteiger partial charge in [0.1, 0.15) is 5.75 Å². The summed E-state index contributed by atoms with van der Waals surface area (Å²) in [4.78, 5) is 1.35. The van der Waals surface area contributed by atoms with Crippen LogP contribution in [0.25, 0.3) is 0 Å². The quantitative estimate of drug-likeness (QED) is 0.810. The molecule has 0 aromatic heterocycles. The Morgan fingerprint density at radius 1 is 1.10 bits per heavy atom. The number of thioether (sulfide) groups is 1. The van der Waals surface area contributed by atoms with Crippen LogP contribution in [0.2, 0.25) is 0 Å². The van der Waals surface area contributed by atoms with Crippen LogP contribution in [0.3, 0.4) is 0 Å². The fourth-order valence-corrected chi connectivity index (χ4v) is 3.25. The number of aryl methyl sites for hydroxylation is 1. The first kappa shape index (κ1) is 14.9. The Kier molecular flexibility index (Phi) is 5.50. The third-order valence-corrected chi connectivity index (χ3v) is 4.63. The van der Waals surface area contributed by atoms with Gasteiger partial charge in [-0.1, -0.05) is 30.3 Å². The van der Waals surface area contributed by atoms with Crippen LogP contribution in [-0.2, 0) is 0 Å². The molecule has 0 saturated carbocycles. The number of rotatable bonds is 6. The Morgan fingerprint density at radius 2 is 1.80 bits per heavy atom. The maximum Gasteiger partial charge on any atom is 0.118 e. The van der Waals surface area contributed by atoms with Crippen LogP contribution in [0.5, 0.6) is 5.75 Å². The lowest BCUT2D eigenvalue weighted by molar-refractivity contribution is 0.414. The maximum absolute atomic E-state index is 5.20. The minimum Gasteiger partial charge on any atom is -0.497 e. The molecule has 106 valence electrons. The molecule has 3 heteroatoms. The number of ether oxygens (including phenoxy) is 1. The van der Waals surface area contributed by atoms with E-state index in [9.17, 15) is 0 Å². The first-order valence-corrected chi connectivity index (χ1v) is 7.73. The molecule has 1 atom stereocenters. The summed E-state index contributed by atoms with van der Waals surface area (Å²) in [7, 11) is 3.70. The van der Waals surface area contributed by atoms with E-state index in [1.807, 2.05) is 30.9 Å².